The fraction of sp³-hybridized carbons (Fsp3) is 0.400. The minimum Gasteiger partial charge on any atom is -0.370 e. The van der Waals surface area contributed by atoms with Crippen molar-refractivity contribution in [1.29, 1.82) is 10.5 Å². The predicted octanol–water partition coefficient (Wildman–Crippen LogP) is 14.7. The van der Waals surface area contributed by atoms with Crippen LogP contribution < -0.4 is 31.1 Å². The lowest BCUT2D eigenvalue weighted by molar-refractivity contribution is -0.139. The molecule has 2 aliphatic heterocycles. The van der Waals surface area contributed by atoms with E-state index in [0.29, 0.717) is 19.3 Å². The number of hydrogen-bond acceptors (Lipinski definition) is 14. The molecule has 4 N–H and O–H groups in total. The average Bonchev–Trinajstić information content (AvgIpc) is 1.56. The van der Waals surface area contributed by atoms with Gasteiger partial charge in [-0.15, -0.1) is 20.4 Å². The molecule has 30 heteroatoms. The number of carbonyl (C=O) groups is 2. The van der Waals surface area contributed by atoms with Crippen LogP contribution in [0.1, 0.15) is 136 Å². The molecule has 14 rings (SSSR count). The first-order valence-corrected chi connectivity index (χ1v) is 32.6. The largest absolute Gasteiger partial charge is 0.416 e. The highest BCUT2D eigenvalue weighted by Crippen LogP contribution is 2.64. The Morgan fingerprint density at radius 2 is 1.04 bits per heavy atom. The summed E-state index contributed by atoms with van der Waals surface area (Å²) in [5, 5.41) is 48.1. The summed E-state index contributed by atoms with van der Waals surface area (Å²) in [4.78, 5) is 40.5. The summed E-state index contributed by atoms with van der Waals surface area (Å²) < 4.78 is 182. The van der Waals surface area contributed by atoms with Crippen LogP contribution in [0.15, 0.2) is 97.6 Å². The molecule has 4 aromatic carbocycles. The van der Waals surface area contributed by atoms with Gasteiger partial charge in [0.05, 0.1) is 47.5 Å². The maximum atomic E-state index is 15.4. The number of fused-ring (bicyclic) bond motifs is 2. The molecule has 4 fully saturated rings. The number of unbranched alkanes of at least 4 members (excludes halogenated alkanes) is 2. The number of pyridine rings is 2. The summed E-state index contributed by atoms with van der Waals surface area (Å²) in [6.07, 6.45) is -9.71. The smallest absolute Gasteiger partial charge is 0.370 e. The third-order valence-corrected chi connectivity index (χ3v) is 20.4. The number of benzene rings is 4. The predicted molar refractivity (Wildman–Crippen MR) is 341 cm³/mol. The van der Waals surface area contributed by atoms with E-state index in [1.807, 2.05) is 12.1 Å². The first-order valence-electron chi connectivity index (χ1n) is 32.6. The number of rotatable bonds is 22. The molecule has 2 amide bonds. The van der Waals surface area contributed by atoms with E-state index in [9.17, 15) is 59.6 Å². The van der Waals surface area contributed by atoms with Crippen molar-refractivity contribution in [2.45, 2.75) is 140 Å². The third kappa shape index (κ3) is 12.9. The van der Waals surface area contributed by atoms with Crippen LogP contribution in [-0.2, 0) is 64.5 Å². The normalized spacial score (nSPS) is 18.8. The zero-order chi connectivity index (χ0) is 70.4. The van der Waals surface area contributed by atoms with Crippen molar-refractivity contribution in [3.8, 4) is 57.2 Å². The van der Waals surface area contributed by atoms with Crippen LogP contribution in [0, 0.1) is 39.4 Å². The molecular weight excluding hydrogens is 1320 g/mol. The van der Waals surface area contributed by atoms with E-state index in [1.54, 1.807) is 11.6 Å². The van der Waals surface area contributed by atoms with Crippen molar-refractivity contribution >= 4 is 35.1 Å². The zero-order valence-corrected chi connectivity index (χ0v) is 53.4. The molecule has 0 saturated heterocycles. The van der Waals surface area contributed by atoms with Crippen LogP contribution in [0.3, 0.4) is 0 Å². The summed E-state index contributed by atoms with van der Waals surface area (Å²) >= 11 is 0. The Labute approximate surface area is 563 Å². The van der Waals surface area contributed by atoms with Gasteiger partial charge in [-0.05, 0) is 204 Å². The first-order chi connectivity index (χ1) is 47.6. The van der Waals surface area contributed by atoms with Gasteiger partial charge in [0.15, 0.2) is 11.6 Å². The number of amides is 2. The van der Waals surface area contributed by atoms with Gasteiger partial charge in [-0.25, -0.2) is 9.97 Å². The van der Waals surface area contributed by atoms with Crippen molar-refractivity contribution < 1.29 is 62.3 Å². The minimum atomic E-state index is -4.98. The third-order valence-electron chi connectivity index (χ3n) is 20.4. The Hall–Kier alpha value is -9.94. The molecule has 2 unspecified atom stereocenters. The van der Waals surface area contributed by atoms with Gasteiger partial charge < -0.3 is 30.4 Å². The Kier molecular flexibility index (Phi) is 17.0. The molecule has 0 radical (unpaired) electrons. The Bertz CT molecular complexity index is 4650. The van der Waals surface area contributed by atoms with E-state index in [0.717, 1.165) is 84.7 Å². The lowest BCUT2D eigenvalue weighted by Gasteiger charge is -2.47. The van der Waals surface area contributed by atoms with E-state index >= 15 is 13.2 Å². The van der Waals surface area contributed by atoms with Gasteiger partial charge in [0, 0.05) is 87.0 Å². The quantitative estimate of drug-likeness (QED) is 0.0366. The summed E-state index contributed by atoms with van der Waals surface area (Å²) in [5.74, 6) is -1.90. The summed E-state index contributed by atoms with van der Waals surface area (Å²) in [7, 11) is 1.59. The molecule has 4 saturated carbocycles. The van der Waals surface area contributed by atoms with E-state index in [4.69, 9.17) is 0 Å². The molecule has 4 aromatic heterocycles. The second-order valence-corrected chi connectivity index (χ2v) is 26.8. The van der Waals surface area contributed by atoms with Gasteiger partial charge in [-0.3, -0.25) is 19.4 Å². The van der Waals surface area contributed by atoms with Crippen molar-refractivity contribution in [3.05, 3.63) is 153 Å². The van der Waals surface area contributed by atoms with Crippen LogP contribution in [0.25, 0.3) is 45.0 Å². The molecule has 3 atom stereocenters. The lowest BCUT2D eigenvalue weighted by Crippen LogP contribution is -2.54. The molecule has 0 bridgehead atoms. The Morgan fingerprint density at radius 3 is 1.49 bits per heavy atom. The fourth-order valence-electron chi connectivity index (χ4n) is 14.8. The van der Waals surface area contributed by atoms with Gasteiger partial charge >= 0.3 is 24.7 Å². The molecule has 2 spiro atoms. The fourth-order valence-corrected chi connectivity index (χ4v) is 14.8. The number of aromatic nitrogens is 8. The number of carbonyl (C=O) groups excluding carboxylic acids is 2. The zero-order valence-electron chi connectivity index (χ0n) is 53.4. The van der Waals surface area contributed by atoms with E-state index < -0.39 is 71.9 Å². The van der Waals surface area contributed by atoms with Crippen molar-refractivity contribution in [1.82, 2.24) is 50.1 Å². The van der Waals surface area contributed by atoms with Crippen LogP contribution in [-0.4, -0.2) is 76.5 Å². The summed E-state index contributed by atoms with van der Waals surface area (Å²) in [6, 6.07) is 20.2. The van der Waals surface area contributed by atoms with Crippen LogP contribution in [0.4, 0.5) is 76.0 Å². The van der Waals surface area contributed by atoms with E-state index in [2.05, 4.69) is 51.6 Å². The van der Waals surface area contributed by atoms with Crippen LogP contribution in [0.5, 0.6) is 0 Å². The standard InChI is InChI=1S/C70H62F12N16O2/c1-95-36-89-93-61(95)45-8-6-43(67(71,72)73)28-47(45)40-24-56(85-18-4-2-16-83)91-58(26-40)97-35-52-50(64(97)100)21-39(23-54(52)70(80,81)82)32-88-60-42(30-66(60)14-15-66)33-96-37-90-94-62(96)46-9-7-44(68(74,75)76)29-48(46)41-25-57(86-19-5-3-17-84)92-59(27-41)98-34-51-49(63(98)99)20-38(22-53(51)69(77,78)79)31-87-55-10-11-65(55)12-13-65/h6-9,20-29,36-37,42,55,60,87-88H,2-5,10-15,18-19,30-35H2,1H3,(H,85,91)(H,86,92)/t42?,55?,60-/m0/s1. The molecule has 6 aliphatic rings. The van der Waals surface area contributed by atoms with Crippen molar-refractivity contribution in [3.63, 3.8) is 0 Å². The number of anilines is 4. The monoisotopic (exact) mass is 1390 g/mol. The number of nitrogens with one attached hydrogen (secondary N) is 4. The highest BCUT2D eigenvalue weighted by atomic mass is 19.4. The molecule has 8 aromatic rings. The van der Waals surface area contributed by atoms with Gasteiger partial charge in [-0.2, -0.15) is 63.2 Å². The maximum absolute atomic E-state index is 15.4. The van der Waals surface area contributed by atoms with Gasteiger partial charge in [-0.1, -0.05) is 0 Å². The van der Waals surface area contributed by atoms with Gasteiger partial charge in [0.25, 0.3) is 11.8 Å². The minimum absolute atomic E-state index is 0.00420. The number of hydrogen-bond donors (Lipinski definition) is 4. The number of nitrogens with zero attached hydrogens (tertiary/aromatic N) is 12. The molecule has 18 nitrogen and oxygen atoms in total. The van der Waals surface area contributed by atoms with E-state index in [-0.39, 0.29) is 176 Å². The SMILES string of the molecule is Cn1cnnc1-c1ccc(C(F)(F)F)cc1-c1cc(NCCCC#N)nc(N2Cc3c(cc(CN[C@H]4C(Cn5cnnc5-c5ccc(C(F)(F)F)cc5-c5cc(NCCCC#N)nc(N6Cc7c(cc(CNC8CCC89CC9)cc7C(F)(F)F)C6=O)c5)CC45CC5)cc3C(F)(F)F)C2=O)c1. The van der Waals surface area contributed by atoms with Gasteiger partial charge in [0.1, 0.15) is 35.9 Å². The van der Waals surface area contributed by atoms with Crippen molar-refractivity contribution in [2.75, 3.05) is 33.5 Å². The molecule has 518 valence electrons. The lowest BCUT2D eigenvalue weighted by atomic mass is 9.66. The molecule has 100 heavy (non-hydrogen) atoms. The molecular formula is C70H62F12N16O2. The van der Waals surface area contributed by atoms with E-state index in [1.165, 1.54) is 65.8 Å². The molecule has 4 aliphatic carbocycles. The highest BCUT2D eigenvalue weighted by Gasteiger charge is 2.61. The number of aryl methyl sites for hydroxylation is 1. The Balaban J connectivity index is 0.750. The Morgan fingerprint density at radius 1 is 0.550 bits per heavy atom. The first kappa shape index (κ1) is 67.3. The number of alkyl halides is 12. The average molecular weight is 1390 g/mol. The van der Waals surface area contributed by atoms with Crippen molar-refractivity contribution in [2.24, 2.45) is 23.8 Å². The van der Waals surface area contributed by atoms with Crippen LogP contribution in [0.2, 0.25) is 0 Å². The number of halogens is 12. The molecule has 6 heterocycles. The second kappa shape index (κ2) is 25.3. The number of nitriles is 2. The van der Waals surface area contributed by atoms with Gasteiger partial charge in [0.2, 0.25) is 0 Å². The second-order valence-electron chi connectivity index (χ2n) is 26.8. The highest BCUT2D eigenvalue weighted by molar-refractivity contribution is 6.11. The topological polar surface area (TPSA) is 224 Å². The van der Waals surface area contributed by atoms with Crippen LogP contribution >= 0.6 is 0 Å². The maximum Gasteiger partial charge on any atom is 0.416 e. The summed E-state index contributed by atoms with van der Waals surface area (Å²) in [6.45, 7) is -0.778. The summed E-state index contributed by atoms with van der Waals surface area (Å²) in [5.41, 5.74) is -4.57.